The summed E-state index contributed by atoms with van der Waals surface area (Å²) in [5, 5.41) is 8.40. The minimum Gasteiger partial charge on any atom is -0.325 e. The predicted molar refractivity (Wildman–Crippen MR) is 82.3 cm³/mol. The van der Waals surface area contributed by atoms with Crippen LogP contribution in [0.3, 0.4) is 0 Å². The number of rotatable bonds is 4. The molecule has 0 fully saturated rings. The second-order valence-electron chi connectivity index (χ2n) is 6.14. The molecule has 0 atom stereocenters. The van der Waals surface area contributed by atoms with Crippen LogP contribution in [0.2, 0.25) is 0 Å². The van der Waals surface area contributed by atoms with Crippen molar-refractivity contribution in [2.45, 2.75) is 52.6 Å². The maximum atomic E-state index is 5.78. The van der Waals surface area contributed by atoms with Crippen molar-refractivity contribution < 1.29 is 0 Å². The first kappa shape index (κ1) is 14.7. The number of aromatic nitrogens is 3. The van der Waals surface area contributed by atoms with E-state index in [0.717, 1.165) is 29.9 Å². The summed E-state index contributed by atoms with van der Waals surface area (Å²) >= 11 is 0. The van der Waals surface area contributed by atoms with Gasteiger partial charge in [-0.25, -0.2) is 4.68 Å². The fourth-order valence-electron chi connectivity index (χ4n) is 2.30. The Hall–Kier alpha value is -1.68. The third-order valence-corrected chi connectivity index (χ3v) is 3.46. The first-order valence-electron chi connectivity index (χ1n) is 7.20. The molecule has 0 spiro atoms. The number of hydrogen-bond donors (Lipinski definition) is 1. The van der Waals surface area contributed by atoms with E-state index in [4.69, 9.17) is 5.73 Å². The molecule has 108 valence electrons. The molecule has 0 radical (unpaired) electrons. The normalized spacial score (nSPS) is 11.8. The maximum Gasteiger partial charge on any atom is 0.104 e. The van der Waals surface area contributed by atoms with Gasteiger partial charge >= 0.3 is 0 Å². The van der Waals surface area contributed by atoms with Gasteiger partial charge in [0.05, 0.1) is 5.69 Å². The molecule has 0 unspecified atom stereocenters. The van der Waals surface area contributed by atoms with Crippen molar-refractivity contribution in [1.82, 2.24) is 15.0 Å². The van der Waals surface area contributed by atoms with E-state index in [2.05, 4.69) is 62.3 Å². The second-order valence-corrected chi connectivity index (χ2v) is 6.14. The molecule has 20 heavy (non-hydrogen) atoms. The minimum absolute atomic E-state index is 0.164. The van der Waals surface area contributed by atoms with E-state index in [9.17, 15) is 0 Å². The lowest BCUT2D eigenvalue weighted by molar-refractivity contribution is 0.583. The number of hydrogen-bond acceptors (Lipinski definition) is 3. The van der Waals surface area contributed by atoms with Crippen LogP contribution in [0, 0.1) is 0 Å². The van der Waals surface area contributed by atoms with Crippen LogP contribution in [-0.4, -0.2) is 15.0 Å². The van der Waals surface area contributed by atoms with Crippen LogP contribution >= 0.6 is 0 Å². The van der Waals surface area contributed by atoms with E-state index < -0.39 is 0 Å². The molecule has 1 heterocycles. The molecule has 0 aliphatic carbocycles. The zero-order chi connectivity index (χ0) is 14.8. The molecule has 1 aromatic heterocycles. The molecule has 0 aliphatic heterocycles. The summed E-state index contributed by atoms with van der Waals surface area (Å²) in [5.41, 5.74) is 10.3. The third-order valence-electron chi connectivity index (χ3n) is 3.46. The molecule has 2 aromatic rings. The molecule has 0 saturated carbocycles. The first-order valence-corrected chi connectivity index (χ1v) is 7.20. The van der Waals surface area contributed by atoms with Crippen LogP contribution in [0.5, 0.6) is 0 Å². The Morgan fingerprint density at radius 3 is 2.30 bits per heavy atom. The van der Waals surface area contributed by atoms with Crippen molar-refractivity contribution in [3.05, 3.63) is 35.5 Å². The average molecular weight is 272 g/mol. The van der Waals surface area contributed by atoms with Crippen LogP contribution < -0.4 is 5.73 Å². The second kappa shape index (κ2) is 5.75. The fraction of sp³-hybridized carbons (Fsp3) is 0.500. The number of benzene rings is 1. The topological polar surface area (TPSA) is 56.7 Å². The van der Waals surface area contributed by atoms with Gasteiger partial charge in [0, 0.05) is 18.7 Å². The zero-order valence-corrected chi connectivity index (χ0v) is 12.8. The first-order chi connectivity index (χ1) is 9.47. The Labute approximate surface area is 121 Å². The summed E-state index contributed by atoms with van der Waals surface area (Å²) < 4.78 is 1.95. The Morgan fingerprint density at radius 2 is 1.80 bits per heavy atom. The van der Waals surface area contributed by atoms with Gasteiger partial charge in [-0.05, 0) is 17.4 Å². The molecule has 0 aliphatic rings. The third kappa shape index (κ3) is 2.90. The lowest BCUT2D eigenvalue weighted by Gasteiger charge is -2.19. The molecular formula is C16H24N4. The van der Waals surface area contributed by atoms with Gasteiger partial charge in [-0.1, -0.05) is 57.2 Å². The molecule has 2 rings (SSSR count). The molecule has 0 bridgehead atoms. The maximum absolute atomic E-state index is 5.78. The largest absolute Gasteiger partial charge is 0.325 e. The highest BCUT2D eigenvalue weighted by molar-refractivity contribution is 5.62. The van der Waals surface area contributed by atoms with Gasteiger partial charge in [-0.2, -0.15) is 0 Å². The molecule has 0 saturated heterocycles. The Kier molecular flexibility index (Phi) is 4.23. The van der Waals surface area contributed by atoms with Crippen LogP contribution in [-0.2, 0) is 18.5 Å². The SMILES string of the molecule is CCCn1nnc(CN)c1-c1ccc(C(C)(C)C)cc1. The molecule has 1 aromatic carbocycles. The van der Waals surface area contributed by atoms with Crippen LogP contribution in [0.15, 0.2) is 24.3 Å². The smallest absolute Gasteiger partial charge is 0.104 e. The summed E-state index contributed by atoms with van der Waals surface area (Å²) in [6.07, 6.45) is 1.03. The van der Waals surface area contributed by atoms with E-state index in [1.54, 1.807) is 0 Å². The number of aryl methyl sites for hydroxylation is 1. The Morgan fingerprint density at radius 1 is 1.15 bits per heavy atom. The van der Waals surface area contributed by atoms with Crippen molar-refractivity contribution in [2.75, 3.05) is 0 Å². The molecule has 4 nitrogen and oxygen atoms in total. The summed E-state index contributed by atoms with van der Waals surface area (Å²) in [4.78, 5) is 0. The van der Waals surface area contributed by atoms with E-state index in [1.807, 2.05) is 4.68 Å². The summed E-state index contributed by atoms with van der Waals surface area (Å²) in [6.45, 7) is 10.1. The molecule has 4 heteroatoms. The minimum atomic E-state index is 0.164. The molecule has 2 N–H and O–H groups in total. The zero-order valence-electron chi connectivity index (χ0n) is 12.8. The van der Waals surface area contributed by atoms with Crippen molar-refractivity contribution in [2.24, 2.45) is 5.73 Å². The molecular weight excluding hydrogens is 248 g/mol. The lowest BCUT2D eigenvalue weighted by Crippen LogP contribution is -2.10. The van der Waals surface area contributed by atoms with Gasteiger partial charge in [0.25, 0.3) is 0 Å². The van der Waals surface area contributed by atoms with Crippen molar-refractivity contribution >= 4 is 0 Å². The standard InChI is InChI=1S/C16H24N4/c1-5-10-20-15(14(11-17)18-19-20)12-6-8-13(9-7-12)16(2,3)4/h6-9H,5,10-11,17H2,1-4H3. The van der Waals surface area contributed by atoms with Gasteiger partial charge in [0.1, 0.15) is 5.69 Å². The van der Waals surface area contributed by atoms with Crippen molar-refractivity contribution in [1.29, 1.82) is 0 Å². The lowest BCUT2D eigenvalue weighted by atomic mass is 9.86. The predicted octanol–water partition coefficient (Wildman–Crippen LogP) is 3.11. The average Bonchev–Trinajstić information content (AvgIpc) is 2.81. The highest BCUT2D eigenvalue weighted by Gasteiger charge is 2.16. The van der Waals surface area contributed by atoms with Gasteiger partial charge in [0.2, 0.25) is 0 Å². The quantitative estimate of drug-likeness (QED) is 0.930. The highest BCUT2D eigenvalue weighted by Crippen LogP contribution is 2.27. The summed E-state index contributed by atoms with van der Waals surface area (Å²) in [7, 11) is 0. The monoisotopic (exact) mass is 272 g/mol. The Bertz CT molecular complexity index is 561. The van der Waals surface area contributed by atoms with Gasteiger partial charge in [-0.15, -0.1) is 5.10 Å². The van der Waals surface area contributed by atoms with Gasteiger partial charge in [-0.3, -0.25) is 0 Å². The summed E-state index contributed by atoms with van der Waals surface area (Å²) in [5.74, 6) is 0. The highest BCUT2D eigenvalue weighted by atomic mass is 15.4. The van der Waals surface area contributed by atoms with Crippen LogP contribution in [0.4, 0.5) is 0 Å². The van der Waals surface area contributed by atoms with Crippen LogP contribution in [0.25, 0.3) is 11.3 Å². The summed E-state index contributed by atoms with van der Waals surface area (Å²) in [6, 6.07) is 8.65. The number of nitrogens with two attached hydrogens (primary N) is 1. The number of nitrogens with zero attached hydrogens (tertiary/aromatic N) is 3. The van der Waals surface area contributed by atoms with E-state index >= 15 is 0 Å². The van der Waals surface area contributed by atoms with Crippen LogP contribution in [0.1, 0.15) is 45.4 Å². The van der Waals surface area contributed by atoms with Crippen molar-refractivity contribution in [3.8, 4) is 11.3 Å². The Balaban J connectivity index is 2.43. The fourth-order valence-corrected chi connectivity index (χ4v) is 2.30. The van der Waals surface area contributed by atoms with Gasteiger partial charge < -0.3 is 5.73 Å². The van der Waals surface area contributed by atoms with Crippen molar-refractivity contribution in [3.63, 3.8) is 0 Å². The van der Waals surface area contributed by atoms with E-state index in [-0.39, 0.29) is 5.41 Å². The molecule has 0 amide bonds. The van der Waals surface area contributed by atoms with E-state index in [1.165, 1.54) is 5.56 Å². The van der Waals surface area contributed by atoms with Gasteiger partial charge in [0.15, 0.2) is 0 Å². The van der Waals surface area contributed by atoms with E-state index in [0.29, 0.717) is 6.54 Å².